The van der Waals surface area contributed by atoms with E-state index in [9.17, 15) is 4.79 Å². The summed E-state index contributed by atoms with van der Waals surface area (Å²) in [6, 6.07) is 17.9. The van der Waals surface area contributed by atoms with Gasteiger partial charge in [0.05, 0.1) is 0 Å². The number of ether oxygens (including phenoxy) is 1. The SMILES string of the molecule is CC(=O)[O][Al]([c]1cccc(Oc2ccccc2)c1)[CH]1CCCCC1. The van der Waals surface area contributed by atoms with Gasteiger partial charge in [-0.2, -0.15) is 0 Å². The Morgan fingerprint density at radius 3 is 2.38 bits per heavy atom. The average Bonchev–Trinajstić information content (AvgIpc) is 2.61. The van der Waals surface area contributed by atoms with Crippen LogP contribution in [0.25, 0.3) is 0 Å². The smallest absolute Gasteiger partial charge is 0.594 e. The largest absolute Gasteiger partial charge is 0.613 e. The molecule has 0 amide bonds. The minimum Gasteiger partial charge on any atom is -0.613 e. The summed E-state index contributed by atoms with van der Waals surface area (Å²) >= 11 is -1.80. The Morgan fingerprint density at radius 1 is 0.958 bits per heavy atom. The van der Waals surface area contributed by atoms with Crippen LogP contribution in [0.4, 0.5) is 0 Å². The standard InChI is InChI=1S/C12H9O.C6H11.C2H4O2.Al/c1-3-7-11(8-4-1)13-12-9-5-2-6-10-12;1-2-4-6-5-3-1;1-2(3)4;/h1-5,7-10H;1H,2-6H2;1H3,(H,3,4);/q;;;+1/p-1. The lowest BCUT2D eigenvalue weighted by molar-refractivity contribution is -0.132. The molecule has 1 aliphatic carbocycles. The number of rotatable bonds is 5. The highest BCUT2D eigenvalue weighted by atomic mass is 27.2. The lowest BCUT2D eigenvalue weighted by atomic mass is 10.0. The van der Waals surface area contributed by atoms with Gasteiger partial charge in [-0.15, -0.1) is 0 Å². The van der Waals surface area contributed by atoms with Crippen molar-refractivity contribution in [2.45, 2.75) is 43.8 Å². The number of para-hydroxylation sites is 1. The zero-order chi connectivity index (χ0) is 16.8. The topological polar surface area (TPSA) is 35.5 Å². The van der Waals surface area contributed by atoms with E-state index in [0.29, 0.717) is 4.78 Å². The molecule has 0 saturated heterocycles. The number of benzene rings is 2. The van der Waals surface area contributed by atoms with E-state index in [-0.39, 0.29) is 5.97 Å². The van der Waals surface area contributed by atoms with E-state index in [4.69, 9.17) is 8.53 Å². The zero-order valence-corrected chi connectivity index (χ0v) is 15.3. The fourth-order valence-electron chi connectivity index (χ4n) is 3.43. The second-order valence-electron chi connectivity index (χ2n) is 6.42. The Balaban J connectivity index is 1.81. The van der Waals surface area contributed by atoms with Crippen molar-refractivity contribution >= 4 is 24.9 Å². The van der Waals surface area contributed by atoms with E-state index < -0.39 is 14.5 Å². The molecule has 0 radical (unpaired) electrons. The molecule has 0 atom stereocenters. The van der Waals surface area contributed by atoms with Crippen LogP contribution in [0.1, 0.15) is 39.0 Å². The fourth-order valence-corrected chi connectivity index (χ4v) is 6.37. The maximum absolute atomic E-state index is 11.6. The second kappa shape index (κ2) is 8.37. The highest BCUT2D eigenvalue weighted by Gasteiger charge is 2.38. The second-order valence-corrected chi connectivity index (χ2v) is 9.10. The third kappa shape index (κ3) is 4.63. The third-order valence-electron chi connectivity index (χ3n) is 4.54. The monoisotopic (exact) mass is 338 g/mol. The number of carbonyl (C=O) groups excluding carboxylic acids is 1. The van der Waals surface area contributed by atoms with Crippen molar-refractivity contribution in [3.63, 3.8) is 0 Å². The third-order valence-corrected chi connectivity index (χ3v) is 7.66. The average molecular weight is 338 g/mol. The van der Waals surface area contributed by atoms with Crippen LogP contribution in [0.2, 0.25) is 4.78 Å². The van der Waals surface area contributed by atoms with Crippen molar-refractivity contribution in [2.24, 2.45) is 0 Å². The Labute approximate surface area is 148 Å². The summed E-state index contributed by atoms with van der Waals surface area (Å²) in [6.07, 6.45) is 6.14. The molecule has 4 heteroatoms. The van der Waals surface area contributed by atoms with E-state index >= 15 is 0 Å². The van der Waals surface area contributed by atoms with Crippen LogP contribution >= 0.6 is 0 Å². The maximum Gasteiger partial charge on any atom is 0.594 e. The molecule has 0 unspecified atom stereocenters. The predicted molar refractivity (Wildman–Crippen MR) is 96.9 cm³/mol. The van der Waals surface area contributed by atoms with Crippen LogP contribution in [0.5, 0.6) is 11.5 Å². The number of hydrogen-bond donors (Lipinski definition) is 0. The summed E-state index contributed by atoms with van der Waals surface area (Å²) in [5.74, 6) is 1.46. The highest BCUT2D eigenvalue weighted by Crippen LogP contribution is 2.32. The minimum atomic E-state index is -1.80. The highest BCUT2D eigenvalue weighted by molar-refractivity contribution is 6.70. The summed E-state index contributed by atoms with van der Waals surface area (Å²) in [5.41, 5.74) is 0. The van der Waals surface area contributed by atoms with Crippen molar-refractivity contribution in [1.82, 2.24) is 0 Å². The van der Waals surface area contributed by atoms with E-state index in [1.54, 1.807) is 0 Å². The first-order valence-electron chi connectivity index (χ1n) is 8.72. The van der Waals surface area contributed by atoms with Gasteiger partial charge in [-0.05, 0) is 29.0 Å². The molecule has 0 aliphatic heterocycles. The van der Waals surface area contributed by atoms with Crippen LogP contribution in [0, 0.1) is 0 Å². The van der Waals surface area contributed by atoms with Crippen molar-refractivity contribution < 1.29 is 13.3 Å². The quantitative estimate of drug-likeness (QED) is 0.749. The lowest BCUT2D eigenvalue weighted by Gasteiger charge is -2.26. The fraction of sp³-hybridized carbons (Fsp3) is 0.350. The molecule has 0 spiro atoms. The molecule has 0 N–H and O–H groups in total. The van der Waals surface area contributed by atoms with Crippen LogP contribution in [0.3, 0.4) is 0 Å². The molecule has 1 fully saturated rings. The first-order chi connectivity index (χ1) is 11.7. The molecule has 3 rings (SSSR count). The van der Waals surface area contributed by atoms with Crippen LogP contribution in [-0.4, -0.2) is 20.5 Å². The van der Waals surface area contributed by atoms with Gasteiger partial charge in [-0.25, -0.2) is 0 Å². The lowest BCUT2D eigenvalue weighted by Crippen LogP contribution is -2.40. The van der Waals surface area contributed by atoms with Gasteiger partial charge in [-0.3, -0.25) is 4.79 Å². The van der Waals surface area contributed by atoms with Crippen LogP contribution in [0.15, 0.2) is 54.6 Å². The Kier molecular flexibility index (Phi) is 5.96. The van der Waals surface area contributed by atoms with Gasteiger partial charge in [0.15, 0.2) is 0 Å². The molecule has 2 aromatic rings. The minimum absolute atomic E-state index is 0.161. The molecule has 2 aromatic carbocycles. The van der Waals surface area contributed by atoms with E-state index in [0.717, 1.165) is 15.9 Å². The molecular formula is C20H23AlO3. The van der Waals surface area contributed by atoms with Crippen molar-refractivity contribution in [2.75, 3.05) is 0 Å². The number of hydrogen-bond acceptors (Lipinski definition) is 3. The van der Waals surface area contributed by atoms with E-state index in [1.165, 1.54) is 39.0 Å². The van der Waals surface area contributed by atoms with Gasteiger partial charge in [0.25, 0.3) is 5.97 Å². The van der Waals surface area contributed by atoms with Gasteiger partial charge in [0.1, 0.15) is 11.5 Å². The van der Waals surface area contributed by atoms with Gasteiger partial charge < -0.3 is 8.53 Å². The normalized spacial score (nSPS) is 14.9. The van der Waals surface area contributed by atoms with E-state index in [2.05, 4.69) is 12.1 Å². The van der Waals surface area contributed by atoms with Crippen molar-refractivity contribution in [1.29, 1.82) is 0 Å². The first-order valence-corrected chi connectivity index (χ1v) is 10.4. The van der Waals surface area contributed by atoms with Gasteiger partial charge in [0.2, 0.25) is 0 Å². The Hall–Kier alpha value is -1.76. The zero-order valence-electron chi connectivity index (χ0n) is 14.1. The first kappa shape index (κ1) is 17.1. The molecule has 3 nitrogen and oxygen atoms in total. The Bertz CT molecular complexity index is 666. The molecule has 124 valence electrons. The summed E-state index contributed by atoms with van der Waals surface area (Å²) in [7, 11) is 0. The van der Waals surface area contributed by atoms with Gasteiger partial charge >= 0.3 is 14.5 Å². The Morgan fingerprint density at radius 2 is 1.67 bits per heavy atom. The van der Waals surface area contributed by atoms with Crippen LogP contribution < -0.4 is 9.16 Å². The van der Waals surface area contributed by atoms with E-state index in [1.807, 2.05) is 42.5 Å². The molecule has 0 aromatic heterocycles. The van der Waals surface area contributed by atoms with Crippen molar-refractivity contribution in [3.8, 4) is 11.5 Å². The molecule has 1 saturated carbocycles. The van der Waals surface area contributed by atoms with Gasteiger partial charge in [0, 0.05) is 6.92 Å². The molecule has 0 bridgehead atoms. The molecule has 1 aliphatic rings. The summed E-state index contributed by atoms with van der Waals surface area (Å²) in [6.45, 7) is 1.52. The molecular weight excluding hydrogens is 315 g/mol. The summed E-state index contributed by atoms with van der Waals surface area (Å²) in [4.78, 5) is 11.6. The molecule has 0 heterocycles. The predicted octanol–water partition coefficient (Wildman–Crippen LogP) is 4.57. The summed E-state index contributed by atoms with van der Waals surface area (Å²) < 4.78 is 13.5. The van der Waals surface area contributed by atoms with Gasteiger partial charge in [-0.1, -0.05) is 66.9 Å². The molecule has 24 heavy (non-hydrogen) atoms. The van der Waals surface area contributed by atoms with Crippen molar-refractivity contribution in [3.05, 3.63) is 54.6 Å². The maximum atomic E-state index is 11.6. The number of carbonyl (C=O) groups is 1. The van der Waals surface area contributed by atoms with Crippen LogP contribution in [-0.2, 0) is 8.58 Å². The summed E-state index contributed by atoms with van der Waals surface area (Å²) in [5, 5.41) is 0.